The number of amides is 1. The van der Waals surface area contributed by atoms with Crippen LogP contribution in [-0.4, -0.2) is 17.0 Å². The Labute approximate surface area is 162 Å². The van der Waals surface area contributed by atoms with E-state index in [1.165, 1.54) is 6.07 Å². The van der Waals surface area contributed by atoms with E-state index in [9.17, 15) is 14.7 Å². The third-order valence-corrected chi connectivity index (χ3v) is 4.01. The fraction of sp³-hybridized carbons (Fsp3) is 0.0435. The van der Waals surface area contributed by atoms with Crippen LogP contribution in [0.2, 0.25) is 0 Å². The molecule has 0 radical (unpaired) electrons. The maximum atomic E-state index is 12.4. The van der Waals surface area contributed by atoms with E-state index in [-0.39, 0.29) is 17.2 Å². The third-order valence-electron chi connectivity index (χ3n) is 4.01. The lowest BCUT2D eigenvalue weighted by Gasteiger charge is -2.09. The van der Waals surface area contributed by atoms with E-state index < -0.39 is 5.97 Å². The smallest absolute Gasteiger partial charge is 0.337 e. The largest absolute Gasteiger partial charge is 0.478 e. The van der Waals surface area contributed by atoms with Crippen molar-refractivity contribution in [3.8, 4) is 11.5 Å². The highest BCUT2D eigenvalue weighted by Crippen LogP contribution is 2.22. The first-order valence-corrected chi connectivity index (χ1v) is 8.68. The molecular weight excluding hydrogens is 354 g/mol. The Hall–Kier alpha value is -3.86. The van der Waals surface area contributed by atoms with Gasteiger partial charge in [0, 0.05) is 5.57 Å². The fourth-order valence-electron chi connectivity index (χ4n) is 2.57. The number of anilines is 1. The van der Waals surface area contributed by atoms with Crippen LogP contribution in [0.25, 0.3) is 6.08 Å². The zero-order chi connectivity index (χ0) is 19.9. The summed E-state index contributed by atoms with van der Waals surface area (Å²) in [6.07, 6.45) is 1.73. The standard InChI is InChI=1S/C23H19NO4/c1-16(22(25)24-21-10-6-5-9-20(21)23(26)27)15-17-11-13-19(14-12-17)28-18-7-3-2-4-8-18/h2-15H,1H3,(H,24,25)(H,26,27)/b16-15+. The molecule has 0 atom stereocenters. The van der Waals surface area contributed by atoms with Crippen molar-refractivity contribution in [3.05, 3.63) is 95.6 Å². The summed E-state index contributed by atoms with van der Waals surface area (Å²) in [5.41, 5.74) is 1.60. The number of hydrogen-bond donors (Lipinski definition) is 2. The van der Waals surface area contributed by atoms with Gasteiger partial charge in [-0.3, -0.25) is 4.79 Å². The van der Waals surface area contributed by atoms with Gasteiger partial charge in [0.1, 0.15) is 11.5 Å². The monoisotopic (exact) mass is 373 g/mol. The van der Waals surface area contributed by atoms with Gasteiger partial charge in [0.05, 0.1) is 11.3 Å². The first-order valence-electron chi connectivity index (χ1n) is 8.68. The average molecular weight is 373 g/mol. The Morgan fingerprint density at radius 2 is 1.46 bits per heavy atom. The predicted molar refractivity (Wildman–Crippen MR) is 109 cm³/mol. The minimum atomic E-state index is -1.09. The molecule has 0 heterocycles. The van der Waals surface area contributed by atoms with Gasteiger partial charge < -0.3 is 15.2 Å². The van der Waals surface area contributed by atoms with Crippen molar-refractivity contribution in [1.29, 1.82) is 0 Å². The topological polar surface area (TPSA) is 75.6 Å². The lowest BCUT2D eigenvalue weighted by atomic mass is 10.1. The van der Waals surface area contributed by atoms with Gasteiger partial charge in [-0.15, -0.1) is 0 Å². The van der Waals surface area contributed by atoms with Crippen LogP contribution >= 0.6 is 0 Å². The number of carbonyl (C=O) groups is 2. The summed E-state index contributed by atoms with van der Waals surface area (Å²) >= 11 is 0. The molecule has 0 aliphatic carbocycles. The van der Waals surface area contributed by atoms with Crippen LogP contribution in [0, 0.1) is 0 Å². The maximum absolute atomic E-state index is 12.4. The van der Waals surface area contributed by atoms with Crippen LogP contribution in [0.3, 0.4) is 0 Å². The molecule has 5 heteroatoms. The summed E-state index contributed by atoms with van der Waals surface area (Å²) in [6.45, 7) is 1.67. The molecular formula is C23H19NO4. The van der Waals surface area contributed by atoms with Crippen LogP contribution < -0.4 is 10.1 Å². The third kappa shape index (κ3) is 4.86. The number of rotatable bonds is 6. The van der Waals surface area contributed by atoms with Crippen molar-refractivity contribution in [3.63, 3.8) is 0 Å². The maximum Gasteiger partial charge on any atom is 0.337 e. The molecule has 140 valence electrons. The molecule has 0 aliphatic rings. The van der Waals surface area contributed by atoms with Crippen molar-refractivity contribution in [2.45, 2.75) is 6.92 Å². The summed E-state index contributed by atoms with van der Waals surface area (Å²) < 4.78 is 5.74. The SMILES string of the molecule is C/C(=C\c1ccc(Oc2ccccc2)cc1)C(=O)Nc1ccccc1C(=O)O. The van der Waals surface area contributed by atoms with Crippen LogP contribution in [0.15, 0.2) is 84.4 Å². The fourth-order valence-corrected chi connectivity index (χ4v) is 2.57. The molecule has 0 saturated heterocycles. The molecule has 2 N–H and O–H groups in total. The van der Waals surface area contributed by atoms with E-state index in [4.69, 9.17) is 4.74 Å². The van der Waals surface area contributed by atoms with E-state index in [1.54, 1.807) is 31.2 Å². The van der Waals surface area contributed by atoms with Crippen molar-refractivity contribution < 1.29 is 19.4 Å². The minimum absolute atomic E-state index is 0.0473. The zero-order valence-corrected chi connectivity index (χ0v) is 15.3. The number of ether oxygens (including phenoxy) is 1. The Morgan fingerprint density at radius 1 is 0.857 bits per heavy atom. The van der Waals surface area contributed by atoms with E-state index in [1.807, 2.05) is 54.6 Å². The number of carboxylic acid groups (broad SMARTS) is 1. The highest BCUT2D eigenvalue weighted by atomic mass is 16.5. The molecule has 3 aromatic rings. The molecule has 5 nitrogen and oxygen atoms in total. The van der Waals surface area contributed by atoms with E-state index in [0.29, 0.717) is 11.3 Å². The highest BCUT2D eigenvalue weighted by molar-refractivity contribution is 6.09. The van der Waals surface area contributed by atoms with Crippen molar-refractivity contribution in [2.24, 2.45) is 0 Å². The quantitative estimate of drug-likeness (QED) is 0.581. The Morgan fingerprint density at radius 3 is 2.14 bits per heavy atom. The van der Waals surface area contributed by atoms with Crippen LogP contribution in [-0.2, 0) is 4.79 Å². The zero-order valence-electron chi connectivity index (χ0n) is 15.3. The van der Waals surface area contributed by atoms with Crippen molar-refractivity contribution in [1.82, 2.24) is 0 Å². The van der Waals surface area contributed by atoms with Gasteiger partial charge in [0.15, 0.2) is 0 Å². The molecule has 1 amide bonds. The molecule has 0 spiro atoms. The Balaban J connectivity index is 1.69. The van der Waals surface area contributed by atoms with Crippen molar-refractivity contribution >= 4 is 23.6 Å². The molecule has 0 bridgehead atoms. The number of carboxylic acids is 1. The van der Waals surface area contributed by atoms with Gasteiger partial charge >= 0.3 is 5.97 Å². The Kier molecular flexibility index (Phi) is 5.87. The van der Waals surface area contributed by atoms with Crippen molar-refractivity contribution in [2.75, 3.05) is 5.32 Å². The number of hydrogen-bond acceptors (Lipinski definition) is 3. The number of benzene rings is 3. The highest BCUT2D eigenvalue weighted by Gasteiger charge is 2.12. The van der Waals surface area contributed by atoms with E-state index >= 15 is 0 Å². The molecule has 0 aliphatic heterocycles. The second-order valence-electron chi connectivity index (χ2n) is 6.12. The van der Waals surface area contributed by atoms with Crippen LogP contribution in [0.5, 0.6) is 11.5 Å². The van der Waals surface area contributed by atoms with Gasteiger partial charge in [-0.25, -0.2) is 4.79 Å². The lowest BCUT2D eigenvalue weighted by molar-refractivity contribution is -0.112. The first kappa shape index (κ1) is 18.9. The summed E-state index contributed by atoms with van der Waals surface area (Å²) in [7, 11) is 0. The molecule has 0 fully saturated rings. The number of nitrogens with one attached hydrogen (secondary N) is 1. The van der Waals surface area contributed by atoms with Gasteiger partial charge in [-0.05, 0) is 55.0 Å². The van der Waals surface area contributed by atoms with E-state index in [2.05, 4.69) is 5.32 Å². The lowest BCUT2D eigenvalue weighted by Crippen LogP contribution is -2.15. The first-order chi connectivity index (χ1) is 13.5. The number of aromatic carboxylic acids is 1. The Bertz CT molecular complexity index is 1010. The molecule has 3 aromatic carbocycles. The molecule has 0 unspecified atom stereocenters. The normalized spacial score (nSPS) is 11.0. The molecule has 28 heavy (non-hydrogen) atoms. The van der Waals surface area contributed by atoms with Crippen LogP contribution in [0.1, 0.15) is 22.8 Å². The predicted octanol–water partition coefficient (Wildman–Crippen LogP) is 5.22. The minimum Gasteiger partial charge on any atom is -0.478 e. The summed E-state index contributed by atoms with van der Waals surface area (Å²) in [6, 6.07) is 23.1. The molecule has 0 saturated carbocycles. The van der Waals surface area contributed by atoms with E-state index in [0.717, 1.165) is 11.3 Å². The van der Waals surface area contributed by atoms with Gasteiger partial charge in [-0.1, -0.05) is 42.5 Å². The second kappa shape index (κ2) is 8.68. The van der Waals surface area contributed by atoms with Gasteiger partial charge in [0.25, 0.3) is 5.91 Å². The number of carbonyl (C=O) groups excluding carboxylic acids is 1. The molecule has 3 rings (SSSR count). The summed E-state index contributed by atoms with van der Waals surface area (Å²) in [5.74, 6) is -0.0101. The van der Waals surface area contributed by atoms with Gasteiger partial charge in [0.2, 0.25) is 0 Å². The molecule has 0 aromatic heterocycles. The number of para-hydroxylation sites is 2. The average Bonchev–Trinajstić information content (AvgIpc) is 2.70. The second-order valence-corrected chi connectivity index (χ2v) is 6.12. The summed E-state index contributed by atoms with van der Waals surface area (Å²) in [5, 5.41) is 11.8. The summed E-state index contributed by atoms with van der Waals surface area (Å²) in [4.78, 5) is 23.7. The van der Waals surface area contributed by atoms with Crippen LogP contribution in [0.4, 0.5) is 5.69 Å². The van der Waals surface area contributed by atoms with Gasteiger partial charge in [-0.2, -0.15) is 0 Å².